The molecule has 0 unspecified atom stereocenters. The molecule has 2 atom stereocenters. The van der Waals surface area contributed by atoms with E-state index in [2.05, 4.69) is 17.0 Å². The fourth-order valence-electron chi connectivity index (χ4n) is 6.07. The number of rotatable bonds is 8. The smallest absolute Gasteiger partial charge is 0.410 e. The first-order valence-corrected chi connectivity index (χ1v) is 15.6. The van der Waals surface area contributed by atoms with E-state index in [0.717, 1.165) is 39.9 Å². The van der Waals surface area contributed by atoms with E-state index in [1.807, 2.05) is 99.6 Å². The Bertz CT molecular complexity index is 1610. The molecule has 3 aromatic carbocycles. The highest BCUT2D eigenvalue weighted by atomic mass is 19.1. The Morgan fingerprint density at radius 2 is 1.53 bits per heavy atom. The topological polar surface area (TPSA) is 64.1 Å². The monoisotopic (exact) mass is 609 g/mol. The first-order chi connectivity index (χ1) is 21.7. The lowest BCUT2D eigenvalue weighted by atomic mass is 9.97. The number of pyridine rings is 1. The van der Waals surface area contributed by atoms with E-state index >= 15 is 4.39 Å². The number of halogens is 1. The summed E-state index contributed by atoms with van der Waals surface area (Å²) in [4.78, 5) is 21.1. The van der Waals surface area contributed by atoms with Gasteiger partial charge in [-0.15, -0.1) is 0 Å². The molecule has 7 nitrogen and oxygen atoms in total. The molecule has 1 aromatic heterocycles. The number of hydrogen-bond acceptors (Lipinski definition) is 6. The SMILES string of the molecule is CC(C)(C)OC(=O)N1CC[C@@H](N2CCc3c(-c4ccc(OCc5ccccc5)nc4OCc4ccccc4)cccc32)[C@H](F)C1. The number of carbonyl (C=O) groups excluding carboxylic acids is 1. The maximum Gasteiger partial charge on any atom is 0.410 e. The van der Waals surface area contributed by atoms with E-state index in [1.165, 1.54) is 4.90 Å². The van der Waals surface area contributed by atoms with Gasteiger partial charge >= 0.3 is 6.09 Å². The van der Waals surface area contributed by atoms with Gasteiger partial charge < -0.3 is 24.0 Å². The number of anilines is 1. The van der Waals surface area contributed by atoms with Crippen LogP contribution >= 0.6 is 0 Å². The fraction of sp³-hybridized carbons (Fsp3) is 0.351. The van der Waals surface area contributed by atoms with Crippen molar-refractivity contribution >= 4 is 11.8 Å². The Hall–Kier alpha value is -4.59. The minimum Gasteiger partial charge on any atom is -0.473 e. The average Bonchev–Trinajstić information content (AvgIpc) is 3.47. The van der Waals surface area contributed by atoms with Crippen molar-refractivity contribution in [3.8, 4) is 22.9 Å². The van der Waals surface area contributed by atoms with Gasteiger partial charge in [0, 0.05) is 30.4 Å². The molecule has 2 aliphatic heterocycles. The molecule has 0 aliphatic carbocycles. The molecule has 234 valence electrons. The Morgan fingerprint density at radius 3 is 2.20 bits per heavy atom. The van der Waals surface area contributed by atoms with Crippen LogP contribution in [-0.2, 0) is 24.4 Å². The van der Waals surface area contributed by atoms with Crippen LogP contribution in [0.25, 0.3) is 11.1 Å². The molecule has 0 saturated carbocycles. The van der Waals surface area contributed by atoms with Gasteiger partial charge in [-0.25, -0.2) is 9.18 Å². The van der Waals surface area contributed by atoms with E-state index in [4.69, 9.17) is 19.2 Å². The van der Waals surface area contributed by atoms with Crippen LogP contribution in [0.2, 0.25) is 0 Å². The molecule has 4 aromatic rings. The minimum atomic E-state index is -1.19. The van der Waals surface area contributed by atoms with Crippen LogP contribution in [0.5, 0.6) is 11.8 Å². The standard InChI is InChI=1S/C37H40FN3O4/c1-37(2,3)45-36(42)40-21-20-33(31(38)23-40)41-22-19-29-28(15-10-16-32(29)41)30-17-18-34(43-24-26-11-6-4-7-12-26)39-35(30)44-25-27-13-8-5-9-14-27/h4-18,31,33H,19-25H2,1-3H3/t31-,33-/m1/s1. The largest absolute Gasteiger partial charge is 0.473 e. The highest BCUT2D eigenvalue weighted by Crippen LogP contribution is 2.42. The van der Waals surface area contributed by atoms with Crippen molar-refractivity contribution < 1.29 is 23.4 Å². The number of aromatic nitrogens is 1. The van der Waals surface area contributed by atoms with Gasteiger partial charge in [0.2, 0.25) is 11.8 Å². The van der Waals surface area contributed by atoms with Crippen LogP contribution in [0, 0.1) is 0 Å². The van der Waals surface area contributed by atoms with Crippen LogP contribution in [0.3, 0.4) is 0 Å². The number of hydrogen-bond donors (Lipinski definition) is 0. The summed E-state index contributed by atoms with van der Waals surface area (Å²) in [6.45, 7) is 7.42. The average molecular weight is 610 g/mol. The van der Waals surface area contributed by atoms with Crippen molar-refractivity contribution in [3.63, 3.8) is 0 Å². The molecule has 1 saturated heterocycles. The van der Waals surface area contributed by atoms with E-state index in [9.17, 15) is 4.79 Å². The van der Waals surface area contributed by atoms with Crippen molar-refractivity contribution in [1.82, 2.24) is 9.88 Å². The lowest BCUT2D eigenvalue weighted by Gasteiger charge is -2.40. The Balaban J connectivity index is 1.24. The Kier molecular flexibility index (Phi) is 8.92. The summed E-state index contributed by atoms with van der Waals surface area (Å²) < 4.78 is 33.6. The molecule has 0 bridgehead atoms. The molecule has 1 fully saturated rings. The number of nitrogens with zero attached hydrogens (tertiary/aromatic N) is 3. The van der Waals surface area contributed by atoms with Crippen molar-refractivity contribution in [2.75, 3.05) is 24.5 Å². The molecule has 0 radical (unpaired) electrons. The van der Waals surface area contributed by atoms with Gasteiger partial charge in [-0.05, 0) is 68.0 Å². The van der Waals surface area contributed by atoms with Gasteiger partial charge in [-0.1, -0.05) is 72.8 Å². The first-order valence-electron chi connectivity index (χ1n) is 15.6. The summed E-state index contributed by atoms with van der Waals surface area (Å²) in [5.74, 6) is 0.974. The van der Waals surface area contributed by atoms with Gasteiger partial charge in [0.15, 0.2) is 0 Å². The number of likely N-dealkylation sites (tertiary alicyclic amines) is 1. The van der Waals surface area contributed by atoms with Crippen molar-refractivity contribution in [1.29, 1.82) is 0 Å². The van der Waals surface area contributed by atoms with Gasteiger partial charge in [0.05, 0.1) is 12.6 Å². The normalized spacial score (nSPS) is 18.0. The molecule has 3 heterocycles. The van der Waals surface area contributed by atoms with E-state index in [0.29, 0.717) is 44.5 Å². The number of piperidine rings is 1. The van der Waals surface area contributed by atoms with Crippen LogP contribution < -0.4 is 14.4 Å². The van der Waals surface area contributed by atoms with Crippen molar-refractivity contribution in [3.05, 3.63) is 108 Å². The lowest BCUT2D eigenvalue weighted by Crippen LogP contribution is -2.54. The molecular formula is C37H40FN3O4. The number of benzene rings is 3. The molecule has 45 heavy (non-hydrogen) atoms. The van der Waals surface area contributed by atoms with E-state index in [-0.39, 0.29) is 12.6 Å². The minimum absolute atomic E-state index is 0.0247. The fourth-order valence-corrected chi connectivity index (χ4v) is 6.07. The molecule has 0 N–H and O–H groups in total. The van der Waals surface area contributed by atoms with E-state index < -0.39 is 17.9 Å². The summed E-state index contributed by atoms with van der Waals surface area (Å²) in [7, 11) is 0. The van der Waals surface area contributed by atoms with Crippen molar-refractivity contribution in [2.24, 2.45) is 0 Å². The zero-order valence-electron chi connectivity index (χ0n) is 26.1. The number of amides is 1. The summed E-state index contributed by atoms with van der Waals surface area (Å²) in [6.07, 6.45) is -0.341. The molecule has 0 spiro atoms. The number of alkyl halides is 1. The van der Waals surface area contributed by atoms with Crippen LogP contribution in [0.15, 0.2) is 91.0 Å². The highest BCUT2D eigenvalue weighted by Gasteiger charge is 2.39. The van der Waals surface area contributed by atoms with Gasteiger partial charge in [-0.2, -0.15) is 4.98 Å². The molecule has 1 amide bonds. The number of carbonyl (C=O) groups is 1. The predicted molar refractivity (Wildman–Crippen MR) is 173 cm³/mol. The Morgan fingerprint density at radius 1 is 0.844 bits per heavy atom. The third-order valence-electron chi connectivity index (χ3n) is 8.20. The van der Waals surface area contributed by atoms with Crippen molar-refractivity contribution in [2.45, 2.75) is 64.6 Å². The zero-order chi connectivity index (χ0) is 31.4. The molecular weight excluding hydrogens is 569 g/mol. The van der Waals surface area contributed by atoms with Crippen LogP contribution in [0.1, 0.15) is 43.9 Å². The number of ether oxygens (including phenoxy) is 3. The molecule has 6 rings (SSSR count). The van der Waals surface area contributed by atoms with Gasteiger partial charge in [-0.3, -0.25) is 0 Å². The highest BCUT2D eigenvalue weighted by molar-refractivity contribution is 5.79. The number of fused-ring (bicyclic) bond motifs is 1. The zero-order valence-corrected chi connectivity index (χ0v) is 26.1. The second-order valence-electron chi connectivity index (χ2n) is 12.6. The Labute approximate surface area is 264 Å². The summed E-state index contributed by atoms with van der Waals surface area (Å²) in [5, 5.41) is 0. The maximum absolute atomic E-state index is 15.7. The summed E-state index contributed by atoms with van der Waals surface area (Å²) in [5.41, 5.74) is 5.52. The van der Waals surface area contributed by atoms with Crippen LogP contribution in [0.4, 0.5) is 14.9 Å². The van der Waals surface area contributed by atoms with E-state index in [1.54, 1.807) is 0 Å². The second kappa shape index (κ2) is 13.2. The maximum atomic E-state index is 15.7. The van der Waals surface area contributed by atoms with Gasteiger partial charge in [0.1, 0.15) is 25.0 Å². The third kappa shape index (κ3) is 7.22. The quantitative estimate of drug-likeness (QED) is 0.205. The molecule has 2 aliphatic rings. The summed E-state index contributed by atoms with van der Waals surface area (Å²) >= 11 is 0. The molecule has 8 heteroatoms. The van der Waals surface area contributed by atoms with Crippen LogP contribution in [-0.4, -0.2) is 53.4 Å². The predicted octanol–water partition coefficient (Wildman–Crippen LogP) is 7.62. The second-order valence-corrected chi connectivity index (χ2v) is 12.6. The van der Waals surface area contributed by atoms with Gasteiger partial charge in [0.25, 0.3) is 0 Å². The third-order valence-corrected chi connectivity index (χ3v) is 8.20. The summed E-state index contributed by atoms with van der Waals surface area (Å²) in [6, 6.07) is 29.7. The lowest BCUT2D eigenvalue weighted by molar-refractivity contribution is 0.0112. The first kappa shape index (κ1) is 30.4.